The summed E-state index contributed by atoms with van der Waals surface area (Å²) >= 11 is 0. The summed E-state index contributed by atoms with van der Waals surface area (Å²) in [4.78, 5) is 19.2. The van der Waals surface area contributed by atoms with Crippen LogP contribution in [0.15, 0.2) is 103 Å². The molecule has 0 N–H and O–H groups in total. The van der Waals surface area contributed by atoms with Crippen molar-refractivity contribution in [1.29, 1.82) is 0 Å². The number of aryl methyl sites for hydroxylation is 3. The number of likely N-dealkylation sites (tertiary alicyclic amines) is 1. The zero-order chi connectivity index (χ0) is 35.0. The number of aromatic nitrogens is 6. The zero-order valence-electron chi connectivity index (χ0n) is 28.7. The minimum Gasteiger partial charge on any atom is -0.444 e. The first-order valence-electron chi connectivity index (χ1n) is 16.9. The van der Waals surface area contributed by atoms with Crippen molar-refractivity contribution in [2.24, 2.45) is 0 Å². The van der Waals surface area contributed by atoms with Crippen molar-refractivity contribution in [3.05, 3.63) is 109 Å². The Balaban J connectivity index is 1.19. The highest BCUT2D eigenvalue weighted by atomic mass is 32.2. The van der Waals surface area contributed by atoms with Crippen molar-refractivity contribution in [1.82, 2.24) is 33.4 Å². The Kier molecular flexibility index (Phi) is 8.81. The lowest BCUT2D eigenvalue weighted by atomic mass is 10.0. The van der Waals surface area contributed by atoms with Gasteiger partial charge in [0.25, 0.3) is 10.0 Å². The monoisotopic (exact) mass is 691 g/mol. The SMILES string of the molecule is Cc1ccc(S(=O)(=O)n2cc(-c3cnn(CCc4ccccc4)c3)c3cc(-c4cnn(C5CCN(C(=O)OC(C)(C)C)CC5)c4)cnc32)cc1. The lowest BCUT2D eigenvalue weighted by Crippen LogP contribution is -2.42. The van der Waals surface area contributed by atoms with Gasteiger partial charge in [-0.3, -0.25) is 9.36 Å². The molecule has 1 amide bonds. The molecular formula is C38H41N7O4S. The smallest absolute Gasteiger partial charge is 0.410 e. The van der Waals surface area contributed by atoms with Gasteiger partial charge in [-0.15, -0.1) is 0 Å². The number of piperidine rings is 1. The number of ether oxygens (including phenoxy) is 1. The molecule has 6 aromatic rings. The normalized spacial score (nSPS) is 14.4. The summed E-state index contributed by atoms with van der Waals surface area (Å²) in [7, 11) is -3.94. The molecule has 4 aromatic heterocycles. The van der Waals surface area contributed by atoms with Crippen LogP contribution in [0, 0.1) is 6.92 Å². The predicted molar refractivity (Wildman–Crippen MR) is 192 cm³/mol. The number of carbonyl (C=O) groups excluding carboxylic acids is 1. The van der Waals surface area contributed by atoms with Crippen molar-refractivity contribution >= 4 is 27.1 Å². The van der Waals surface area contributed by atoms with Gasteiger partial charge in [0.1, 0.15) is 5.60 Å². The molecule has 0 spiro atoms. The van der Waals surface area contributed by atoms with Gasteiger partial charge in [-0.25, -0.2) is 22.2 Å². The van der Waals surface area contributed by atoms with Gasteiger partial charge in [0.2, 0.25) is 0 Å². The average Bonchev–Trinajstić information content (AvgIpc) is 3.86. The molecule has 2 aromatic carbocycles. The van der Waals surface area contributed by atoms with Gasteiger partial charge in [0.05, 0.1) is 23.3 Å². The second-order valence-electron chi connectivity index (χ2n) is 13.9. The van der Waals surface area contributed by atoms with Crippen LogP contribution >= 0.6 is 0 Å². The second kappa shape index (κ2) is 13.2. The quantitative estimate of drug-likeness (QED) is 0.167. The summed E-state index contributed by atoms with van der Waals surface area (Å²) in [5.41, 5.74) is 5.20. The Morgan fingerprint density at radius 1 is 0.880 bits per heavy atom. The van der Waals surface area contributed by atoms with Gasteiger partial charge in [0.15, 0.2) is 5.65 Å². The third-order valence-electron chi connectivity index (χ3n) is 9.03. The van der Waals surface area contributed by atoms with E-state index >= 15 is 0 Å². The van der Waals surface area contributed by atoms with Crippen LogP contribution in [-0.2, 0) is 27.7 Å². The summed E-state index contributed by atoms with van der Waals surface area (Å²) in [6.45, 7) is 9.40. The van der Waals surface area contributed by atoms with E-state index < -0.39 is 15.6 Å². The Bertz CT molecular complexity index is 2240. The molecule has 7 rings (SSSR count). The summed E-state index contributed by atoms with van der Waals surface area (Å²) in [6, 6.07) is 19.2. The molecule has 1 aliphatic heterocycles. The van der Waals surface area contributed by atoms with Crippen LogP contribution in [0.1, 0.15) is 50.8 Å². The van der Waals surface area contributed by atoms with Crippen molar-refractivity contribution in [2.45, 2.75) is 70.0 Å². The number of hydrogen-bond acceptors (Lipinski definition) is 7. The number of rotatable bonds is 8. The van der Waals surface area contributed by atoms with E-state index in [1.165, 1.54) is 9.54 Å². The molecule has 258 valence electrons. The van der Waals surface area contributed by atoms with Crippen LogP contribution in [0.2, 0.25) is 0 Å². The molecule has 0 radical (unpaired) electrons. The minimum absolute atomic E-state index is 0.136. The molecule has 0 aliphatic carbocycles. The molecule has 50 heavy (non-hydrogen) atoms. The van der Waals surface area contributed by atoms with E-state index in [0.29, 0.717) is 30.7 Å². The number of nitrogens with zero attached hydrogens (tertiary/aromatic N) is 7. The van der Waals surface area contributed by atoms with Gasteiger partial charge in [-0.2, -0.15) is 10.2 Å². The molecular weight excluding hydrogens is 651 g/mol. The van der Waals surface area contributed by atoms with Gasteiger partial charge in [0, 0.05) is 72.1 Å². The first kappa shape index (κ1) is 33.3. The number of pyridine rings is 1. The predicted octanol–water partition coefficient (Wildman–Crippen LogP) is 7.12. The number of fused-ring (bicyclic) bond motifs is 1. The number of carbonyl (C=O) groups is 1. The molecule has 0 atom stereocenters. The molecule has 1 saturated heterocycles. The number of amides is 1. The maximum Gasteiger partial charge on any atom is 0.410 e. The highest BCUT2D eigenvalue weighted by molar-refractivity contribution is 7.90. The van der Waals surface area contributed by atoms with E-state index in [-0.39, 0.29) is 17.0 Å². The van der Waals surface area contributed by atoms with Gasteiger partial charge >= 0.3 is 6.09 Å². The van der Waals surface area contributed by atoms with E-state index in [2.05, 4.69) is 22.3 Å². The summed E-state index contributed by atoms with van der Waals surface area (Å²) in [5.74, 6) is 0. The Morgan fingerprint density at radius 2 is 1.60 bits per heavy atom. The fraction of sp³-hybridized carbons (Fsp3) is 0.316. The van der Waals surface area contributed by atoms with Crippen molar-refractivity contribution < 1.29 is 17.9 Å². The van der Waals surface area contributed by atoms with Crippen LogP contribution in [0.25, 0.3) is 33.3 Å². The second-order valence-corrected chi connectivity index (χ2v) is 15.7. The van der Waals surface area contributed by atoms with Gasteiger partial charge < -0.3 is 9.64 Å². The zero-order valence-corrected chi connectivity index (χ0v) is 29.5. The highest BCUT2D eigenvalue weighted by Crippen LogP contribution is 2.35. The van der Waals surface area contributed by atoms with Crippen LogP contribution in [0.4, 0.5) is 4.79 Å². The third kappa shape index (κ3) is 6.93. The largest absolute Gasteiger partial charge is 0.444 e. The van der Waals surface area contributed by atoms with Crippen LogP contribution < -0.4 is 0 Å². The fourth-order valence-electron chi connectivity index (χ4n) is 6.31. The molecule has 12 heteroatoms. The van der Waals surface area contributed by atoms with Crippen LogP contribution in [0.3, 0.4) is 0 Å². The lowest BCUT2D eigenvalue weighted by molar-refractivity contribution is 0.0184. The highest BCUT2D eigenvalue weighted by Gasteiger charge is 2.28. The summed E-state index contributed by atoms with van der Waals surface area (Å²) in [6.07, 6.45) is 12.9. The molecule has 0 unspecified atom stereocenters. The van der Waals surface area contributed by atoms with E-state index in [9.17, 15) is 13.2 Å². The van der Waals surface area contributed by atoms with Crippen molar-refractivity contribution in [2.75, 3.05) is 13.1 Å². The van der Waals surface area contributed by atoms with Crippen LogP contribution in [0.5, 0.6) is 0 Å². The van der Waals surface area contributed by atoms with E-state index in [1.54, 1.807) is 47.8 Å². The number of hydrogen-bond donors (Lipinski definition) is 0. The van der Waals surface area contributed by atoms with Crippen LogP contribution in [-0.4, -0.2) is 66.6 Å². The minimum atomic E-state index is -3.94. The standard InChI is InChI=1S/C38H41N7O4S/c1-27-10-12-33(13-11-27)50(47,48)45-26-35(31-23-40-43(24-31)19-14-28-8-6-5-7-9-28)34-20-29(21-39-36(34)45)30-22-41-44(25-30)32-15-17-42(18-16-32)37(46)49-38(2,3)4/h5-13,20-26,32H,14-19H2,1-4H3. The molecule has 5 heterocycles. The van der Waals surface area contributed by atoms with Gasteiger partial charge in [-0.05, 0) is 70.7 Å². The third-order valence-corrected chi connectivity index (χ3v) is 10.7. The topological polar surface area (TPSA) is 117 Å². The Hall–Kier alpha value is -5.23. The fourth-order valence-corrected chi connectivity index (χ4v) is 7.64. The summed E-state index contributed by atoms with van der Waals surface area (Å²) < 4.78 is 38.6. The molecule has 1 fully saturated rings. The number of benzene rings is 2. The first-order chi connectivity index (χ1) is 23.9. The molecule has 0 saturated carbocycles. The van der Waals surface area contributed by atoms with E-state index in [0.717, 1.165) is 47.1 Å². The lowest BCUT2D eigenvalue weighted by Gasteiger charge is -2.33. The molecule has 0 bridgehead atoms. The van der Waals surface area contributed by atoms with Gasteiger partial charge in [-0.1, -0.05) is 48.0 Å². The Morgan fingerprint density at radius 3 is 2.32 bits per heavy atom. The molecule has 1 aliphatic rings. The summed E-state index contributed by atoms with van der Waals surface area (Å²) in [5, 5.41) is 9.99. The maximum atomic E-state index is 14.0. The average molecular weight is 692 g/mol. The maximum absolute atomic E-state index is 14.0. The molecule has 11 nitrogen and oxygen atoms in total. The Labute approximate surface area is 292 Å². The van der Waals surface area contributed by atoms with Crippen molar-refractivity contribution in [3.8, 4) is 22.3 Å². The van der Waals surface area contributed by atoms with E-state index in [4.69, 9.17) is 9.72 Å². The van der Waals surface area contributed by atoms with Crippen molar-refractivity contribution in [3.63, 3.8) is 0 Å². The first-order valence-corrected chi connectivity index (χ1v) is 18.3. The van der Waals surface area contributed by atoms with E-state index in [1.807, 2.05) is 79.9 Å².